The summed E-state index contributed by atoms with van der Waals surface area (Å²) in [5.41, 5.74) is 2.39. The van der Waals surface area contributed by atoms with Crippen LogP contribution in [-0.2, 0) is 13.0 Å². The Morgan fingerprint density at radius 2 is 2.00 bits per heavy atom. The first-order valence-electron chi connectivity index (χ1n) is 7.17. The molecule has 106 valence electrons. The smallest absolute Gasteiger partial charge is 0.0945 e. The molecule has 21 heavy (non-hydrogen) atoms. The highest BCUT2D eigenvalue weighted by atomic mass is 15.0. The first-order chi connectivity index (χ1) is 10.4. The van der Waals surface area contributed by atoms with E-state index < -0.39 is 0 Å². The van der Waals surface area contributed by atoms with Crippen molar-refractivity contribution < 1.29 is 0 Å². The lowest BCUT2D eigenvalue weighted by atomic mass is 9.93. The summed E-state index contributed by atoms with van der Waals surface area (Å²) in [5.74, 6) is 0.387. The number of aromatic nitrogens is 4. The number of pyridine rings is 2. The number of nitrogens with zero attached hydrogens (tertiary/aromatic N) is 4. The predicted octanol–water partition coefficient (Wildman–Crippen LogP) is 3.09. The van der Waals surface area contributed by atoms with Crippen molar-refractivity contribution in [2.24, 2.45) is 0 Å². The Morgan fingerprint density at radius 3 is 2.71 bits per heavy atom. The molecule has 0 radical (unpaired) electrons. The first kappa shape index (κ1) is 13.5. The summed E-state index contributed by atoms with van der Waals surface area (Å²) in [7, 11) is 0. The zero-order chi connectivity index (χ0) is 14.3. The second-order valence-electron chi connectivity index (χ2n) is 5.11. The maximum absolute atomic E-state index is 4.53. The molecule has 1 atom stereocenters. The molecule has 0 aliphatic rings. The van der Waals surface area contributed by atoms with Crippen molar-refractivity contribution in [1.29, 1.82) is 0 Å². The zero-order valence-electron chi connectivity index (χ0n) is 11.8. The molecule has 0 bridgehead atoms. The number of hydrogen-bond donors (Lipinski definition) is 0. The van der Waals surface area contributed by atoms with Crippen LogP contribution >= 0.6 is 0 Å². The van der Waals surface area contributed by atoms with E-state index in [-0.39, 0.29) is 0 Å². The molecule has 3 heterocycles. The number of rotatable bonds is 6. The first-order valence-corrected chi connectivity index (χ1v) is 7.17. The van der Waals surface area contributed by atoms with E-state index in [4.69, 9.17) is 0 Å². The van der Waals surface area contributed by atoms with Crippen LogP contribution in [0.2, 0.25) is 0 Å². The van der Waals surface area contributed by atoms with Gasteiger partial charge in [0.15, 0.2) is 0 Å². The van der Waals surface area contributed by atoms with E-state index >= 15 is 0 Å². The fourth-order valence-electron chi connectivity index (χ4n) is 2.50. The van der Waals surface area contributed by atoms with Gasteiger partial charge in [0, 0.05) is 49.1 Å². The summed E-state index contributed by atoms with van der Waals surface area (Å²) in [6, 6.07) is 10.2. The molecule has 0 fully saturated rings. The molecule has 0 aliphatic heterocycles. The van der Waals surface area contributed by atoms with Crippen molar-refractivity contribution in [2.75, 3.05) is 0 Å². The molecule has 0 saturated heterocycles. The fourth-order valence-corrected chi connectivity index (χ4v) is 2.50. The molecule has 3 rings (SSSR count). The zero-order valence-corrected chi connectivity index (χ0v) is 11.8. The summed E-state index contributed by atoms with van der Waals surface area (Å²) in [5, 5.41) is 0. The highest BCUT2D eigenvalue weighted by Gasteiger charge is 2.14. The SMILES string of the molecule is c1ccc(C(CCn2ccnc2)Cc2cccnc2)nc1. The second kappa shape index (κ2) is 6.79. The summed E-state index contributed by atoms with van der Waals surface area (Å²) >= 11 is 0. The van der Waals surface area contributed by atoms with E-state index in [1.807, 2.05) is 49.4 Å². The highest BCUT2D eigenvalue weighted by molar-refractivity contribution is 5.16. The largest absolute Gasteiger partial charge is 0.337 e. The molecule has 0 aromatic carbocycles. The molecule has 0 aliphatic carbocycles. The van der Waals surface area contributed by atoms with Gasteiger partial charge in [0.05, 0.1) is 6.33 Å². The Bertz CT molecular complexity index is 635. The lowest BCUT2D eigenvalue weighted by Gasteiger charge is -2.16. The van der Waals surface area contributed by atoms with Crippen LogP contribution in [0, 0.1) is 0 Å². The maximum atomic E-state index is 4.53. The lowest BCUT2D eigenvalue weighted by Crippen LogP contribution is -2.09. The van der Waals surface area contributed by atoms with E-state index in [2.05, 4.69) is 37.7 Å². The van der Waals surface area contributed by atoms with Crippen LogP contribution < -0.4 is 0 Å². The minimum absolute atomic E-state index is 0.387. The molecule has 0 N–H and O–H groups in total. The summed E-state index contributed by atoms with van der Waals surface area (Å²) in [6.45, 7) is 0.946. The van der Waals surface area contributed by atoms with Crippen LogP contribution in [0.4, 0.5) is 0 Å². The van der Waals surface area contributed by atoms with Crippen molar-refractivity contribution in [3.63, 3.8) is 0 Å². The Balaban J connectivity index is 1.74. The second-order valence-corrected chi connectivity index (χ2v) is 5.11. The third-order valence-corrected chi connectivity index (χ3v) is 3.61. The Kier molecular flexibility index (Phi) is 4.36. The molecule has 3 aromatic rings. The minimum atomic E-state index is 0.387. The minimum Gasteiger partial charge on any atom is -0.337 e. The third kappa shape index (κ3) is 3.75. The van der Waals surface area contributed by atoms with Crippen molar-refractivity contribution in [2.45, 2.75) is 25.3 Å². The molecule has 4 nitrogen and oxygen atoms in total. The van der Waals surface area contributed by atoms with E-state index in [0.29, 0.717) is 5.92 Å². The predicted molar refractivity (Wildman–Crippen MR) is 81.8 cm³/mol. The van der Waals surface area contributed by atoms with Crippen LogP contribution in [0.25, 0.3) is 0 Å². The monoisotopic (exact) mass is 278 g/mol. The van der Waals surface area contributed by atoms with Gasteiger partial charge in [-0.3, -0.25) is 9.97 Å². The van der Waals surface area contributed by atoms with Gasteiger partial charge in [-0.15, -0.1) is 0 Å². The molecule has 0 spiro atoms. The van der Waals surface area contributed by atoms with Gasteiger partial charge in [-0.05, 0) is 36.6 Å². The molecular weight excluding hydrogens is 260 g/mol. The van der Waals surface area contributed by atoms with Crippen molar-refractivity contribution in [3.05, 3.63) is 78.9 Å². The number of aryl methyl sites for hydroxylation is 1. The third-order valence-electron chi connectivity index (χ3n) is 3.61. The van der Waals surface area contributed by atoms with E-state index in [1.165, 1.54) is 5.56 Å². The molecular formula is C17H18N4. The fraction of sp³-hybridized carbons (Fsp3) is 0.235. The lowest BCUT2D eigenvalue weighted by molar-refractivity contribution is 0.534. The quantitative estimate of drug-likeness (QED) is 0.696. The van der Waals surface area contributed by atoms with Gasteiger partial charge in [-0.2, -0.15) is 0 Å². The van der Waals surface area contributed by atoms with Gasteiger partial charge in [0.1, 0.15) is 0 Å². The van der Waals surface area contributed by atoms with Gasteiger partial charge in [0.2, 0.25) is 0 Å². The van der Waals surface area contributed by atoms with Crippen LogP contribution in [0.1, 0.15) is 23.6 Å². The maximum Gasteiger partial charge on any atom is 0.0945 e. The standard InChI is InChI=1S/C17H18N4/c1-2-8-20-17(5-1)16(6-10-21-11-9-19-14-21)12-15-4-3-7-18-13-15/h1-5,7-9,11,13-14,16H,6,10,12H2. The summed E-state index contributed by atoms with van der Waals surface area (Å²) < 4.78 is 2.11. The number of imidazole rings is 1. The van der Waals surface area contributed by atoms with Crippen LogP contribution in [0.15, 0.2) is 67.6 Å². The molecule has 1 unspecified atom stereocenters. The molecule has 3 aromatic heterocycles. The van der Waals surface area contributed by atoms with Gasteiger partial charge in [0.25, 0.3) is 0 Å². The van der Waals surface area contributed by atoms with Crippen molar-refractivity contribution >= 4 is 0 Å². The Morgan fingerprint density at radius 1 is 1.00 bits per heavy atom. The highest BCUT2D eigenvalue weighted by Crippen LogP contribution is 2.23. The van der Waals surface area contributed by atoms with Gasteiger partial charge in [-0.1, -0.05) is 12.1 Å². The van der Waals surface area contributed by atoms with Crippen LogP contribution in [0.5, 0.6) is 0 Å². The summed E-state index contributed by atoms with van der Waals surface area (Å²) in [4.78, 5) is 12.8. The van der Waals surface area contributed by atoms with E-state index in [1.54, 1.807) is 0 Å². The number of hydrogen-bond acceptors (Lipinski definition) is 3. The van der Waals surface area contributed by atoms with Crippen molar-refractivity contribution in [1.82, 2.24) is 19.5 Å². The van der Waals surface area contributed by atoms with Crippen LogP contribution in [0.3, 0.4) is 0 Å². The average molecular weight is 278 g/mol. The molecule has 0 saturated carbocycles. The Labute approximate surface area is 124 Å². The van der Waals surface area contributed by atoms with Gasteiger partial charge < -0.3 is 4.57 Å². The normalized spacial score (nSPS) is 12.2. The van der Waals surface area contributed by atoms with Gasteiger partial charge >= 0.3 is 0 Å². The Hall–Kier alpha value is -2.49. The molecule has 0 amide bonds. The van der Waals surface area contributed by atoms with E-state index in [9.17, 15) is 0 Å². The average Bonchev–Trinajstić information content (AvgIpc) is 3.07. The van der Waals surface area contributed by atoms with Gasteiger partial charge in [-0.25, -0.2) is 4.98 Å². The molecule has 4 heteroatoms. The topological polar surface area (TPSA) is 43.6 Å². The summed E-state index contributed by atoms with van der Waals surface area (Å²) in [6.07, 6.45) is 13.3. The van der Waals surface area contributed by atoms with E-state index in [0.717, 1.165) is 25.1 Å². The van der Waals surface area contributed by atoms with Crippen LogP contribution in [-0.4, -0.2) is 19.5 Å². The van der Waals surface area contributed by atoms with Crippen molar-refractivity contribution in [3.8, 4) is 0 Å².